The van der Waals surface area contributed by atoms with E-state index >= 15 is 0 Å². The Morgan fingerprint density at radius 1 is 1.20 bits per heavy atom. The molecule has 4 aliphatic carbocycles. The predicted octanol–water partition coefficient (Wildman–Crippen LogP) is 3.88. The Bertz CT molecular complexity index is 625. The van der Waals surface area contributed by atoms with E-state index in [1.165, 1.54) is 6.42 Å². The van der Waals surface area contributed by atoms with Crippen LogP contribution in [-0.2, 0) is 4.79 Å². The van der Waals surface area contributed by atoms with Crippen molar-refractivity contribution in [2.45, 2.75) is 84.3 Å². The molecule has 0 radical (unpaired) electrons. The molecule has 0 unspecified atom stereocenters. The predicted molar refractivity (Wildman–Crippen MR) is 97.9 cm³/mol. The first kappa shape index (κ1) is 17.7. The van der Waals surface area contributed by atoms with Gasteiger partial charge in [-0.2, -0.15) is 0 Å². The summed E-state index contributed by atoms with van der Waals surface area (Å²) in [6, 6.07) is 0. The number of aliphatic hydroxyl groups excluding tert-OH is 1. The van der Waals surface area contributed by atoms with Gasteiger partial charge < -0.3 is 10.2 Å². The summed E-state index contributed by atoms with van der Waals surface area (Å²) < 4.78 is 0. The van der Waals surface area contributed by atoms with Gasteiger partial charge in [0.1, 0.15) is 5.60 Å². The lowest BCUT2D eigenvalue weighted by molar-refractivity contribution is -0.156. The zero-order chi connectivity index (χ0) is 18.2. The van der Waals surface area contributed by atoms with Gasteiger partial charge in [0, 0.05) is 5.41 Å². The van der Waals surface area contributed by atoms with Crippen LogP contribution in [0.1, 0.15) is 72.6 Å². The van der Waals surface area contributed by atoms with Crippen LogP contribution in [0.2, 0.25) is 0 Å². The van der Waals surface area contributed by atoms with Gasteiger partial charge >= 0.3 is 0 Å². The van der Waals surface area contributed by atoms with Crippen LogP contribution in [0, 0.1) is 34.5 Å². The van der Waals surface area contributed by atoms with E-state index < -0.39 is 5.60 Å². The average Bonchev–Trinajstić information content (AvgIpc) is 2.77. The molecule has 0 aromatic heterocycles. The van der Waals surface area contributed by atoms with E-state index in [0.717, 1.165) is 38.5 Å². The summed E-state index contributed by atoms with van der Waals surface area (Å²) in [6.45, 7) is 8.22. The first-order valence-corrected chi connectivity index (χ1v) is 10.3. The summed E-state index contributed by atoms with van der Waals surface area (Å²) >= 11 is 0. The molecule has 0 aromatic carbocycles. The molecule has 0 heterocycles. The summed E-state index contributed by atoms with van der Waals surface area (Å²) in [7, 11) is 0. The minimum atomic E-state index is -1.18. The summed E-state index contributed by atoms with van der Waals surface area (Å²) in [5, 5.41) is 21.5. The fraction of sp³-hybridized carbons (Fsp3) is 0.864. The Kier molecular flexibility index (Phi) is 3.84. The third-order valence-corrected chi connectivity index (χ3v) is 9.12. The van der Waals surface area contributed by atoms with Gasteiger partial charge in [-0.3, -0.25) is 4.79 Å². The summed E-state index contributed by atoms with van der Waals surface area (Å²) in [4.78, 5) is 12.4. The minimum Gasteiger partial charge on any atom is -0.393 e. The molecular weight excluding hydrogens is 312 g/mol. The number of hydrogen-bond acceptors (Lipinski definition) is 3. The van der Waals surface area contributed by atoms with Crippen molar-refractivity contribution >= 4 is 5.78 Å². The van der Waals surface area contributed by atoms with Gasteiger partial charge in [-0.25, -0.2) is 0 Å². The lowest BCUT2D eigenvalue weighted by Gasteiger charge is -2.57. The van der Waals surface area contributed by atoms with E-state index in [1.807, 2.05) is 0 Å². The molecule has 0 amide bonds. The molecule has 2 N–H and O–H groups in total. The number of fused-ring (bicyclic) bond motifs is 5. The molecule has 0 bridgehead atoms. The number of ketones is 1. The third kappa shape index (κ3) is 2.09. The Labute approximate surface area is 151 Å². The van der Waals surface area contributed by atoms with Gasteiger partial charge in [-0.1, -0.05) is 32.4 Å². The van der Waals surface area contributed by atoms with Crippen LogP contribution in [-0.4, -0.2) is 27.7 Å². The van der Waals surface area contributed by atoms with Gasteiger partial charge in [0.15, 0.2) is 5.78 Å². The van der Waals surface area contributed by atoms with Gasteiger partial charge in [-0.05, 0) is 81.0 Å². The molecule has 0 spiro atoms. The maximum absolute atomic E-state index is 12.4. The van der Waals surface area contributed by atoms with Gasteiger partial charge in [-0.15, -0.1) is 0 Å². The number of carbonyl (C=O) groups is 1. The van der Waals surface area contributed by atoms with Crippen molar-refractivity contribution in [3.63, 3.8) is 0 Å². The SMILES string of the molecule is CC(=O)[C@]1(O)[C@@H](C)C[C@H]2[C@@H]3CC[C@@H]4C[C@H](O)CC[C@]4(C)C3=CC[C@@]21C. The van der Waals surface area contributed by atoms with Crippen molar-refractivity contribution in [2.24, 2.45) is 34.5 Å². The fourth-order valence-corrected chi connectivity index (χ4v) is 7.60. The molecule has 3 fully saturated rings. The number of carbonyl (C=O) groups excluding carboxylic acids is 1. The first-order chi connectivity index (χ1) is 11.6. The second kappa shape index (κ2) is 5.42. The van der Waals surface area contributed by atoms with Crippen molar-refractivity contribution in [1.82, 2.24) is 0 Å². The number of Topliss-reactive ketones (excluding diaryl/α,β-unsaturated/α-hetero) is 1. The lowest BCUT2D eigenvalue weighted by atomic mass is 9.48. The molecular formula is C22H34O3. The Hall–Kier alpha value is -0.670. The highest BCUT2D eigenvalue weighted by Gasteiger charge is 2.66. The Balaban J connectivity index is 1.74. The molecule has 8 atom stereocenters. The average molecular weight is 347 g/mol. The molecule has 25 heavy (non-hydrogen) atoms. The van der Waals surface area contributed by atoms with E-state index in [2.05, 4.69) is 26.8 Å². The van der Waals surface area contributed by atoms with E-state index in [9.17, 15) is 15.0 Å². The smallest absolute Gasteiger partial charge is 0.162 e. The molecule has 3 nitrogen and oxygen atoms in total. The van der Waals surface area contributed by atoms with E-state index in [4.69, 9.17) is 0 Å². The monoisotopic (exact) mass is 346 g/mol. The summed E-state index contributed by atoms with van der Waals surface area (Å²) in [5.74, 6) is 1.48. The van der Waals surface area contributed by atoms with E-state index in [0.29, 0.717) is 17.8 Å². The van der Waals surface area contributed by atoms with E-state index in [1.54, 1.807) is 12.5 Å². The van der Waals surface area contributed by atoms with Gasteiger partial charge in [0.2, 0.25) is 0 Å². The zero-order valence-corrected chi connectivity index (χ0v) is 16.2. The molecule has 0 aromatic rings. The van der Waals surface area contributed by atoms with Crippen LogP contribution in [0.25, 0.3) is 0 Å². The number of hydrogen-bond donors (Lipinski definition) is 2. The second-order valence-corrected chi connectivity index (χ2v) is 10.1. The van der Waals surface area contributed by atoms with Crippen molar-refractivity contribution in [2.75, 3.05) is 0 Å². The highest BCUT2D eigenvalue weighted by molar-refractivity contribution is 5.86. The van der Waals surface area contributed by atoms with Crippen LogP contribution < -0.4 is 0 Å². The molecule has 0 saturated heterocycles. The van der Waals surface area contributed by atoms with E-state index in [-0.39, 0.29) is 28.6 Å². The highest BCUT2D eigenvalue weighted by Crippen LogP contribution is 2.67. The molecule has 140 valence electrons. The maximum atomic E-state index is 12.4. The fourth-order valence-electron chi connectivity index (χ4n) is 7.60. The van der Waals surface area contributed by atoms with Gasteiger partial charge in [0.05, 0.1) is 6.10 Å². The molecule has 3 saturated carbocycles. The topological polar surface area (TPSA) is 57.5 Å². The minimum absolute atomic E-state index is 0.0338. The normalized spacial score (nSPS) is 55.0. The Morgan fingerprint density at radius 2 is 1.92 bits per heavy atom. The van der Waals surface area contributed by atoms with Crippen molar-refractivity contribution in [3.05, 3.63) is 11.6 Å². The van der Waals surface area contributed by atoms with Crippen LogP contribution >= 0.6 is 0 Å². The van der Waals surface area contributed by atoms with Crippen LogP contribution in [0.3, 0.4) is 0 Å². The lowest BCUT2D eigenvalue weighted by Crippen LogP contribution is -2.56. The Morgan fingerprint density at radius 3 is 2.60 bits per heavy atom. The number of aliphatic hydroxyl groups is 2. The molecule has 3 heteroatoms. The summed E-state index contributed by atoms with van der Waals surface area (Å²) in [5.41, 5.74) is 0.298. The first-order valence-electron chi connectivity index (χ1n) is 10.3. The third-order valence-electron chi connectivity index (χ3n) is 9.12. The van der Waals surface area contributed by atoms with Crippen molar-refractivity contribution in [1.29, 1.82) is 0 Å². The largest absolute Gasteiger partial charge is 0.393 e. The second-order valence-electron chi connectivity index (χ2n) is 10.1. The molecule has 0 aliphatic heterocycles. The zero-order valence-electron chi connectivity index (χ0n) is 16.2. The number of rotatable bonds is 1. The van der Waals surface area contributed by atoms with Crippen LogP contribution in [0.5, 0.6) is 0 Å². The quantitative estimate of drug-likeness (QED) is 0.709. The van der Waals surface area contributed by atoms with Crippen LogP contribution in [0.4, 0.5) is 0 Å². The standard InChI is InChI=1S/C22H34O3/c1-13-11-19-17-6-5-15-12-16(24)7-9-20(15,3)18(17)8-10-21(19,4)22(13,25)14(2)23/h8,13,15-17,19,24-25H,5-7,9-12H2,1-4H3/t13-,15+,16+,17+,19-,20-,21-,22+/m0/s1. The molecule has 4 aliphatic rings. The van der Waals surface area contributed by atoms with Crippen molar-refractivity contribution in [3.8, 4) is 0 Å². The summed E-state index contributed by atoms with van der Waals surface area (Å²) in [6.07, 6.45) is 9.30. The number of allylic oxidation sites excluding steroid dienone is 2. The maximum Gasteiger partial charge on any atom is 0.162 e. The van der Waals surface area contributed by atoms with Crippen molar-refractivity contribution < 1.29 is 15.0 Å². The van der Waals surface area contributed by atoms with Crippen LogP contribution in [0.15, 0.2) is 11.6 Å². The highest BCUT2D eigenvalue weighted by atomic mass is 16.3. The molecule has 4 rings (SSSR count). The van der Waals surface area contributed by atoms with Gasteiger partial charge in [0.25, 0.3) is 0 Å².